The van der Waals surface area contributed by atoms with Gasteiger partial charge in [-0.05, 0) is 39.3 Å². The highest BCUT2D eigenvalue weighted by Crippen LogP contribution is 2.12. The zero-order valence-corrected chi connectivity index (χ0v) is 12.1. The van der Waals surface area contributed by atoms with Gasteiger partial charge in [-0.25, -0.2) is 9.78 Å². The Morgan fingerprint density at radius 2 is 2.05 bits per heavy atom. The fourth-order valence-electron chi connectivity index (χ4n) is 1.80. The molecule has 5 heteroatoms. The Labute approximate surface area is 118 Å². The lowest BCUT2D eigenvalue weighted by Crippen LogP contribution is -2.24. The summed E-state index contributed by atoms with van der Waals surface area (Å²) in [5, 5.41) is 0. The number of para-hydroxylation sites is 2. The lowest BCUT2D eigenvalue weighted by molar-refractivity contribution is -0.00749. The molecule has 2 rings (SSSR count). The van der Waals surface area contributed by atoms with E-state index >= 15 is 0 Å². The largest absolute Gasteiger partial charge is 0.508 e. The van der Waals surface area contributed by atoms with Gasteiger partial charge >= 0.3 is 6.16 Å². The predicted octanol–water partition coefficient (Wildman–Crippen LogP) is 3.45. The summed E-state index contributed by atoms with van der Waals surface area (Å²) in [6, 6.07) is 7.88. The molecule has 0 bridgehead atoms. The highest BCUT2D eigenvalue weighted by Gasteiger charge is 2.17. The van der Waals surface area contributed by atoms with E-state index in [0.29, 0.717) is 13.0 Å². The summed E-state index contributed by atoms with van der Waals surface area (Å²) in [7, 11) is 0. The third-order valence-corrected chi connectivity index (χ3v) is 2.61. The van der Waals surface area contributed by atoms with Gasteiger partial charge in [-0.3, -0.25) is 0 Å². The fourth-order valence-corrected chi connectivity index (χ4v) is 1.80. The summed E-state index contributed by atoms with van der Waals surface area (Å²) in [6.45, 7) is 5.75. The fraction of sp³-hybridized carbons (Fsp3) is 0.467. The summed E-state index contributed by atoms with van der Waals surface area (Å²) in [5.41, 5.74) is 1.46. The van der Waals surface area contributed by atoms with E-state index in [4.69, 9.17) is 9.47 Å². The Morgan fingerprint density at radius 1 is 1.30 bits per heavy atom. The second-order valence-corrected chi connectivity index (χ2v) is 5.62. The summed E-state index contributed by atoms with van der Waals surface area (Å²) >= 11 is 0. The molecule has 108 valence electrons. The van der Waals surface area contributed by atoms with E-state index in [1.807, 2.05) is 45.0 Å². The Morgan fingerprint density at radius 3 is 2.75 bits per heavy atom. The molecule has 0 fully saturated rings. The lowest BCUT2D eigenvalue weighted by atomic mass is 10.2. The summed E-state index contributed by atoms with van der Waals surface area (Å²) in [4.78, 5) is 19.0. The van der Waals surface area contributed by atoms with Crippen LogP contribution < -0.4 is 0 Å². The zero-order valence-electron chi connectivity index (χ0n) is 12.1. The number of H-pyrrole nitrogens is 1. The number of hydrogen-bond acceptors (Lipinski definition) is 4. The van der Waals surface area contributed by atoms with Crippen LogP contribution in [0.2, 0.25) is 0 Å². The van der Waals surface area contributed by atoms with Crippen molar-refractivity contribution >= 4 is 17.2 Å². The molecular weight excluding hydrogens is 256 g/mol. The maximum Gasteiger partial charge on any atom is 0.508 e. The van der Waals surface area contributed by atoms with Gasteiger partial charge in [0, 0.05) is 6.42 Å². The second kappa shape index (κ2) is 5.94. The second-order valence-electron chi connectivity index (χ2n) is 5.62. The van der Waals surface area contributed by atoms with Gasteiger partial charge in [0.25, 0.3) is 0 Å². The van der Waals surface area contributed by atoms with Gasteiger partial charge in [-0.2, -0.15) is 0 Å². The van der Waals surface area contributed by atoms with Crippen molar-refractivity contribution in [3.63, 3.8) is 0 Å². The number of hydrogen-bond donors (Lipinski definition) is 1. The molecule has 20 heavy (non-hydrogen) atoms. The number of imidazole rings is 1. The van der Waals surface area contributed by atoms with E-state index in [1.165, 1.54) is 0 Å². The van der Waals surface area contributed by atoms with Crippen molar-refractivity contribution < 1.29 is 14.3 Å². The highest BCUT2D eigenvalue weighted by molar-refractivity contribution is 5.74. The first-order valence-electron chi connectivity index (χ1n) is 6.73. The minimum Gasteiger partial charge on any atom is -0.434 e. The third-order valence-electron chi connectivity index (χ3n) is 2.61. The van der Waals surface area contributed by atoms with E-state index in [-0.39, 0.29) is 0 Å². The smallest absolute Gasteiger partial charge is 0.434 e. The zero-order chi connectivity index (χ0) is 14.6. The highest BCUT2D eigenvalue weighted by atomic mass is 16.7. The number of benzene rings is 1. The number of nitrogens with zero attached hydrogens (tertiary/aromatic N) is 1. The van der Waals surface area contributed by atoms with Crippen LogP contribution in [-0.2, 0) is 15.9 Å². The maximum absolute atomic E-state index is 11.3. The first kappa shape index (κ1) is 14.4. The molecule has 0 spiro atoms. The molecule has 0 aliphatic rings. The average molecular weight is 276 g/mol. The monoisotopic (exact) mass is 276 g/mol. The van der Waals surface area contributed by atoms with Crippen LogP contribution in [0.4, 0.5) is 4.79 Å². The molecule has 1 aromatic heterocycles. The molecular formula is C15H20N2O3. The normalized spacial score (nSPS) is 11.6. The number of rotatable bonds is 4. The predicted molar refractivity (Wildman–Crippen MR) is 76.6 cm³/mol. The van der Waals surface area contributed by atoms with Crippen molar-refractivity contribution in [3.05, 3.63) is 30.1 Å². The van der Waals surface area contributed by atoms with Crippen molar-refractivity contribution in [3.8, 4) is 0 Å². The van der Waals surface area contributed by atoms with Gasteiger partial charge in [-0.15, -0.1) is 0 Å². The van der Waals surface area contributed by atoms with Gasteiger partial charge in [-0.1, -0.05) is 12.1 Å². The average Bonchev–Trinajstić information content (AvgIpc) is 2.75. The van der Waals surface area contributed by atoms with E-state index in [0.717, 1.165) is 23.3 Å². The minimum atomic E-state index is -0.623. The molecule has 0 saturated carbocycles. The summed E-state index contributed by atoms with van der Waals surface area (Å²) in [6.07, 6.45) is 0.818. The number of fused-ring (bicyclic) bond motifs is 1. The minimum absolute atomic E-state index is 0.325. The molecule has 1 aromatic carbocycles. The van der Waals surface area contributed by atoms with Crippen LogP contribution in [0.15, 0.2) is 24.3 Å². The SMILES string of the molecule is CC(C)(C)OC(=O)OCCCc1nc2ccccc2[nH]1. The molecule has 1 heterocycles. The molecule has 1 N–H and O–H groups in total. The molecule has 0 unspecified atom stereocenters. The first-order valence-corrected chi connectivity index (χ1v) is 6.73. The molecule has 0 amide bonds. The van der Waals surface area contributed by atoms with Crippen molar-refractivity contribution in [2.75, 3.05) is 6.61 Å². The van der Waals surface area contributed by atoms with Crippen LogP contribution in [-0.4, -0.2) is 28.3 Å². The summed E-state index contributed by atoms with van der Waals surface area (Å²) < 4.78 is 10.1. The van der Waals surface area contributed by atoms with Crippen LogP contribution in [0, 0.1) is 0 Å². The van der Waals surface area contributed by atoms with Gasteiger partial charge < -0.3 is 14.5 Å². The number of carbonyl (C=O) groups is 1. The van der Waals surface area contributed by atoms with Crippen molar-refractivity contribution in [2.45, 2.75) is 39.2 Å². The van der Waals surface area contributed by atoms with Crippen molar-refractivity contribution in [1.82, 2.24) is 9.97 Å². The Bertz CT molecular complexity index is 551. The Kier molecular flexibility index (Phi) is 4.27. The van der Waals surface area contributed by atoms with Crippen LogP contribution in [0.5, 0.6) is 0 Å². The third kappa shape index (κ3) is 4.26. The standard InChI is InChI=1S/C15H20N2O3/c1-15(2,3)20-14(18)19-10-6-9-13-16-11-7-4-5-8-12(11)17-13/h4-5,7-8H,6,9-10H2,1-3H3,(H,16,17). The van der Waals surface area contributed by atoms with Crippen LogP contribution in [0.3, 0.4) is 0 Å². The number of ether oxygens (including phenoxy) is 2. The van der Waals surface area contributed by atoms with Crippen molar-refractivity contribution in [1.29, 1.82) is 0 Å². The number of nitrogens with one attached hydrogen (secondary N) is 1. The molecule has 5 nitrogen and oxygen atoms in total. The van der Waals surface area contributed by atoms with E-state index in [1.54, 1.807) is 0 Å². The van der Waals surface area contributed by atoms with E-state index < -0.39 is 11.8 Å². The maximum atomic E-state index is 11.3. The quantitative estimate of drug-likeness (QED) is 0.686. The van der Waals surface area contributed by atoms with Crippen LogP contribution in [0.25, 0.3) is 11.0 Å². The van der Waals surface area contributed by atoms with E-state index in [2.05, 4.69) is 9.97 Å². The van der Waals surface area contributed by atoms with Gasteiger partial charge in [0.1, 0.15) is 11.4 Å². The van der Waals surface area contributed by atoms with Crippen LogP contribution in [0.1, 0.15) is 33.0 Å². The lowest BCUT2D eigenvalue weighted by Gasteiger charge is -2.18. The number of aromatic nitrogens is 2. The molecule has 2 aromatic rings. The molecule has 0 aliphatic carbocycles. The van der Waals surface area contributed by atoms with Gasteiger partial charge in [0.05, 0.1) is 17.6 Å². The van der Waals surface area contributed by atoms with Crippen LogP contribution >= 0.6 is 0 Å². The first-order chi connectivity index (χ1) is 9.44. The number of aryl methyl sites for hydroxylation is 1. The number of carbonyl (C=O) groups excluding carboxylic acids is 1. The molecule has 0 radical (unpaired) electrons. The summed E-state index contributed by atoms with van der Waals surface area (Å²) in [5.74, 6) is 0.902. The topological polar surface area (TPSA) is 64.2 Å². The van der Waals surface area contributed by atoms with Gasteiger partial charge in [0.2, 0.25) is 0 Å². The van der Waals surface area contributed by atoms with E-state index in [9.17, 15) is 4.79 Å². The molecule has 0 aliphatic heterocycles. The van der Waals surface area contributed by atoms with Gasteiger partial charge in [0.15, 0.2) is 0 Å². The van der Waals surface area contributed by atoms with Crippen molar-refractivity contribution in [2.24, 2.45) is 0 Å². The molecule has 0 atom stereocenters. The Hall–Kier alpha value is -2.04. The Balaban J connectivity index is 1.74. The number of aromatic amines is 1. The molecule has 0 saturated heterocycles.